The Hall–Kier alpha value is -5.03. The predicted octanol–water partition coefficient (Wildman–Crippen LogP) is 3.79. The number of carbonyl (C=O) groups is 2. The summed E-state index contributed by atoms with van der Waals surface area (Å²) in [6.07, 6.45) is 2.37. The number of hydrogen-bond acceptors (Lipinski definition) is 6. The van der Waals surface area contributed by atoms with Gasteiger partial charge in [-0.25, -0.2) is 9.18 Å². The first kappa shape index (κ1) is 30.4. The molecule has 1 aliphatic rings. The first-order valence-electron chi connectivity index (χ1n) is 14.3. The number of aromatic amines is 1. The molecule has 4 N–H and O–H groups in total. The molecule has 0 radical (unpaired) electrons. The zero-order chi connectivity index (χ0) is 31.5. The largest absolute Gasteiger partial charge is 0.496 e. The van der Waals surface area contributed by atoms with E-state index in [1.807, 2.05) is 44.2 Å². The van der Waals surface area contributed by atoms with E-state index in [1.54, 1.807) is 12.1 Å². The maximum absolute atomic E-state index is 15.5. The van der Waals surface area contributed by atoms with Crippen LogP contribution in [0.1, 0.15) is 39.9 Å². The third-order valence-corrected chi connectivity index (χ3v) is 8.09. The van der Waals surface area contributed by atoms with Crippen LogP contribution in [0.15, 0.2) is 64.3 Å². The Kier molecular flexibility index (Phi) is 8.77. The van der Waals surface area contributed by atoms with Gasteiger partial charge in [0.15, 0.2) is 0 Å². The smallest absolute Gasteiger partial charge is 0.328 e. The molecular weight excluding hydrogens is 565 g/mol. The Morgan fingerprint density at radius 1 is 1.05 bits per heavy atom. The summed E-state index contributed by atoms with van der Waals surface area (Å²) >= 11 is 0. The van der Waals surface area contributed by atoms with Gasteiger partial charge in [-0.15, -0.1) is 0 Å². The highest BCUT2D eigenvalue weighted by Crippen LogP contribution is 2.37. The fraction of sp³-hybridized carbons (Fsp3) is 0.273. The molecule has 1 saturated heterocycles. The molecule has 0 saturated carbocycles. The van der Waals surface area contributed by atoms with Gasteiger partial charge >= 0.3 is 5.69 Å². The first-order chi connectivity index (χ1) is 21.1. The molecule has 0 spiro atoms. The number of methoxy groups -OCH3 is 1. The number of hydrogen-bond donors (Lipinski definition) is 4. The Morgan fingerprint density at radius 2 is 1.75 bits per heavy atom. The number of halogens is 1. The van der Waals surface area contributed by atoms with Crippen molar-refractivity contribution in [1.29, 1.82) is 0 Å². The number of nitrogens with zero attached hydrogens (tertiary/aromatic N) is 1. The van der Waals surface area contributed by atoms with Gasteiger partial charge < -0.3 is 25.7 Å². The maximum atomic E-state index is 15.5. The summed E-state index contributed by atoms with van der Waals surface area (Å²) < 4.78 is 21.9. The van der Waals surface area contributed by atoms with Gasteiger partial charge in [0.25, 0.3) is 11.5 Å². The van der Waals surface area contributed by atoms with E-state index in [9.17, 15) is 19.2 Å². The van der Waals surface area contributed by atoms with Gasteiger partial charge in [-0.05, 0) is 71.8 Å². The van der Waals surface area contributed by atoms with Crippen LogP contribution in [0.2, 0.25) is 0 Å². The summed E-state index contributed by atoms with van der Waals surface area (Å²) in [6.45, 7) is 4.61. The maximum Gasteiger partial charge on any atom is 0.328 e. The molecule has 1 fully saturated rings. The van der Waals surface area contributed by atoms with Gasteiger partial charge in [0.1, 0.15) is 17.1 Å². The second-order valence-electron chi connectivity index (χ2n) is 10.9. The van der Waals surface area contributed by atoms with Gasteiger partial charge in [-0.1, -0.05) is 30.3 Å². The topological polar surface area (TPSA) is 134 Å². The normalized spacial score (nSPS) is 14.4. The monoisotopic (exact) mass is 599 g/mol. The van der Waals surface area contributed by atoms with Crippen molar-refractivity contribution in [3.63, 3.8) is 0 Å². The van der Waals surface area contributed by atoms with E-state index in [4.69, 9.17) is 4.74 Å². The molecule has 2 amide bonds. The highest BCUT2D eigenvalue weighted by Gasteiger charge is 2.21. The van der Waals surface area contributed by atoms with Crippen molar-refractivity contribution < 1.29 is 18.7 Å². The van der Waals surface area contributed by atoms with Crippen molar-refractivity contribution in [3.05, 3.63) is 104 Å². The van der Waals surface area contributed by atoms with Crippen molar-refractivity contribution in [2.45, 2.75) is 39.3 Å². The minimum Gasteiger partial charge on any atom is -0.496 e. The molecule has 0 bridgehead atoms. The molecule has 0 aliphatic carbocycles. The summed E-state index contributed by atoms with van der Waals surface area (Å²) in [5.74, 6) is -0.590. The first-order valence-corrected chi connectivity index (χ1v) is 14.3. The van der Waals surface area contributed by atoms with Crippen LogP contribution in [0.4, 0.5) is 10.1 Å². The van der Waals surface area contributed by atoms with Crippen LogP contribution in [-0.4, -0.2) is 41.1 Å². The fourth-order valence-electron chi connectivity index (χ4n) is 5.54. The summed E-state index contributed by atoms with van der Waals surface area (Å²) in [6, 6.07) is 14.6. The molecule has 2 heterocycles. The van der Waals surface area contributed by atoms with E-state index in [2.05, 4.69) is 20.9 Å². The summed E-state index contributed by atoms with van der Waals surface area (Å²) in [5.41, 5.74) is 4.30. The third-order valence-electron chi connectivity index (χ3n) is 8.09. The van der Waals surface area contributed by atoms with Crippen LogP contribution in [-0.2, 0) is 18.4 Å². The van der Waals surface area contributed by atoms with E-state index in [1.165, 1.54) is 20.2 Å². The van der Waals surface area contributed by atoms with Crippen molar-refractivity contribution in [1.82, 2.24) is 20.2 Å². The van der Waals surface area contributed by atoms with Crippen LogP contribution in [0, 0.1) is 19.7 Å². The minimum absolute atomic E-state index is 0.0343. The lowest BCUT2D eigenvalue weighted by Crippen LogP contribution is -2.37. The standard InChI is InChI=1S/C33H34FN5O5/c1-18-22(20-13-27(34)25(29(14-20)44-4)16-35-15-21-11-12-30(40)37-21)7-5-8-23(18)24-9-6-10-28(19(24)2)38-31(41)26-17-36-33(43)39(3)32(26)42/h5-10,13-14,17,21,35H,11-12,15-16H2,1-4H3,(H,36,43)(H,37,40)(H,38,41). The third kappa shape index (κ3) is 6.04. The lowest BCUT2D eigenvalue weighted by molar-refractivity contribution is -0.119. The van der Waals surface area contributed by atoms with Crippen LogP contribution < -0.4 is 31.9 Å². The van der Waals surface area contributed by atoms with E-state index in [0.717, 1.165) is 45.0 Å². The molecule has 1 unspecified atom stereocenters. The fourth-order valence-corrected chi connectivity index (χ4v) is 5.54. The summed E-state index contributed by atoms with van der Waals surface area (Å²) in [4.78, 5) is 50.9. The number of aromatic nitrogens is 2. The van der Waals surface area contributed by atoms with Crippen LogP contribution in [0.3, 0.4) is 0 Å². The number of ether oxygens (including phenoxy) is 1. The number of rotatable bonds is 9. The molecule has 3 aromatic carbocycles. The van der Waals surface area contributed by atoms with E-state index in [-0.39, 0.29) is 24.1 Å². The highest BCUT2D eigenvalue weighted by atomic mass is 19.1. The van der Waals surface area contributed by atoms with Crippen LogP contribution in [0.5, 0.6) is 5.75 Å². The number of amides is 2. The Labute approximate surface area is 253 Å². The Morgan fingerprint density at radius 3 is 2.45 bits per heavy atom. The molecule has 44 heavy (non-hydrogen) atoms. The number of anilines is 1. The second-order valence-corrected chi connectivity index (χ2v) is 10.9. The van der Waals surface area contributed by atoms with Gasteiger partial charge in [-0.3, -0.25) is 19.0 Å². The minimum atomic E-state index is -0.699. The molecule has 4 aromatic rings. The van der Waals surface area contributed by atoms with Gasteiger partial charge in [0.2, 0.25) is 5.91 Å². The Balaban J connectivity index is 1.42. The van der Waals surface area contributed by atoms with Crippen LogP contribution >= 0.6 is 0 Å². The summed E-state index contributed by atoms with van der Waals surface area (Å²) in [7, 11) is 2.80. The van der Waals surface area contributed by atoms with Crippen molar-refractivity contribution in [2.24, 2.45) is 7.05 Å². The zero-order valence-corrected chi connectivity index (χ0v) is 25.0. The number of carbonyl (C=O) groups excluding carboxylic acids is 2. The Bertz CT molecular complexity index is 1880. The van der Waals surface area contributed by atoms with Gasteiger partial charge in [0, 0.05) is 50.0 Å². The zero-order valence-electron chi connectivity index (χ0n) is 25.0. The number of benzene rings is 3. The van der Waals surface area contributed by atoms with E-state index >= 15 is 4.39 Å². The lowest BCUT2D eigenvalue weighted by atomic mass is 9.90. The van der Waals surface area contributed by atoms with Crippen molar-refractivity contribution >= 4 is 17.5 Å². The molecule has 10 nitrogen and oxygen atoms in total. The number of nitrogens with one attached hydrogen (secondary N) is 4. The molecule has 1 aromatic heterocycles. The van der Waals surface area contributed by atoms with Gasteiger partial charge in [-0.2, -0.15) is 0 Å². The molecule has 1 atom stereocenters. The second kappa shape index (κ2) is 12.7. The van der Waals surface area contributed by atoms with Crippen molar-refractivity contribution in [3.8, 4) is 28.0 Å². The predicted molar refractivity (Wildman–Crippen MR) is 166 cm³/mol. The summed E-state index contributed by atoms with van der Waals surface area (Å²) in [5, 5.41) is 8.91. The van der Waals surface area contributed by atoms with Crippen molar-refractivity contribution in [2.75, 3.05) is 19.0 Å². The molecule has 1 aliphatic heterocycles. The molecule has 11 heteroatoms. The molecule has 5 rings (SSSR count). The quantitative estimate of drug-likeness (QED) is 0.231. The highest BCUT2D eigenvalue weighted by molar-refractivity contribution is 6.04. The lowest BCUT2D eigenvalue weighted by Gasteiger charge is -2.18. The van der Waals surface area contributed by atoms with Crippen LogP contribution in [0.25, 0.3) is 22.3 Å². The molecular formula is C33H34FN5O5. The number of H-pyrrole nitrogens is 1. The van der Waals surface area contributed by atoms with E-state index in [0.29, 0.717) is 35.5 Å². The average molecular weight is 600 g/mol. The average Bonchev–Trinajstić information content (AvgIpc) is 3.42. The van der Waals surface area contributed by atoms with Gasteiger partial charge in [0.05, 0.1) is 7.11 Å². The molecule has 228 valence electrons. The van der Waals surface area contributed by atoms with E-state index < -0.39 is 23.0 Å². The SMILES string of the molecule is COc1cc(-c2cccc(-c3cccc(NC(=O)c4c[nH]c(=O)n(C)c4=O)c3C)c2C)cc(F)c1CNCC1CCC(=O)N1.